The molecule has 2 N–H and O–H groups in total. The maximum Gasteiger partial charge on any atom is 0.122 e. The third-order valence-electron chi connectivity index (χ3n) is 4.53. The van der Waals surface area contributed by atoms with Crippen LogP contribution in [0.1, 0.15) is 34.7 Å². The van der Waals surface area contributed by atoms with E-state index in [0.717, 1.165) is 33.4 Å². The SMILES string of the molecule is C=CCCl.C=CCc1cc(C(=C)C)cc(CC=C)c1O.C=CCc1cccc(CC=C)c1O. The quantitative estimate of drug-likeness (QED) is 0.275. The Labute approximate surface area is 205 Å². The number of rotatable bonds is 10. The molecular weight excluding hydrogens is 428 g/mol. The molecule has 0 saturated carbocycles. The van der Waals surface area contributed by atoms with Crippen LogP contribution in [0.3, 0.4) is 0 Å². The van der Waals surface area contributed by atoms with E-state index < -0.39 is 0 Å². The van der Waals surface area contributed by atoms with Crippen molar-refractivity contribution in [1.29, 1.82) is 0 Å². The fourth-order valence-corrected chi connectivity index (χ4v) is 2.91. The van der Waals surface area contributed by atoms with Crippen LogP contribution in [0.5, 0.6) is 11.5 Å². The molecule has 0 aliphatic carbocycles. The molecule has 0 aliphatic heterocycles. The van der Waals surface area contributed by atoms with E-state index in [1.54, 1.807) is 30.4 Å². The minimum Gasteiger partial charge on any atom is -0.507 e. The maximum absolute atomic E-state index is 10.0. The second-order valence-corrected chi connectivity index (χ2v) is 7.57. The Hall–Kier alpha value is -3.23. The predicted octanol–water partition coefficient (Wildman–Crippen LogP) is 8.14. The Morgan fingerprint density at radius 3 is 1.36 bits per heavy atom. The molecule has 0 saturated heterocycles. The molecule has 3 heteroatoms. The van der Waals surface area contributed by atoms with Crippen LogP contribution >= 0.6 is 11.6 Å². The van der Waals surface area contributed by atoms with Crippen molar-refractivity contribution < 1.29 is 10.2 Å². The van der Waals surface area contributed by atoms with E-state index in [4.69, 9.17) is 11.6 Å². The van der Waals surface area contributed by atoms with Crippen LogP contribution in [0.15, 0.2) is 100 Å². The molecule has 0 bridgehead atoms. The second-order valence-electron chi connectivity index (χ2n) is 7.26. The summed E-state index contributed by atoms with van der Waals surface area (Å²) >= 11 is 5.07. The fourth-order valence-electron chi connectivity index (χ4n) is 2.91. The van der Waals surface area contributed by atoms with E-state index in [9.17, 15) is 10.2 Å². The van der Waals surface area contributed by atoms with Gasteiger partial charge in [0.15, 0.2) is 0 Å². The van der Waals surface area contributed by atoms with Gasteiger partial charge in [-0.05, 0) is 72.6 Å². The van der Waals surface area contributed by atoms with E-state index in [2.05, 4.69) is 39.5 Å². The van der Waals surface area contributed by atoms with Gasteiger partial charge in [0.2, 0.25) is 0 Å². The van der Waals surface area contributed by atoms with Crippen molar-refractivity contribution >= 4 is 17.2 Å². The summed E-state index contributed by atoms with van der Waals surface area (Å²) in [5, 5.41) is 19.8. The average molecular weight is 465 g/mol. The van der Waals surface area contributed by atoms with Gasteiger partial charge in [0.1, 0.15) is 11.5 Å². The number of hydrogen-bond acceptors (Lipinski definition) is 2. The fraction of sp³-hybridized carbons (Fsp3) is 0.200. The number of hydrogen-bond donors (Lipinski definition) is 2. The Kier molecular flexibility index (Phi) is 15.6. The summed E-state index contributed by atoms with van der Waals surface area (Å²) in [4.78, 5) is 0. The molecule has 0 amide bonds. The molecule has 0 spiro atoms. The molecule has 0 radical (unpaired) electrons. The van der Waals surface area contributed by atoms with Crippen molar-refractivity contribution in [2.45, 2.75) is 32.6 Å². The Balaban J connectivity index is 0.000000542. The summed E-state index contributed by atoms with van der Waals surface area (Å²) in [6.07, 6.45) is 11.5. The topological polar surface area (TPSA) is 40.5 Å². The van der Waals surface area contributed by atoms with Crippen molar-refractivity contribution in [1.82, 2.24) is 0 Å². The molecule has 0 aliphatic rings. The van der Waals surface area contributed by atoms with Gasteiger partial charge in [-0.3, -0.25) is 0 Å². The van der Waals surface area contributed by atoms with Gasteiger partial charge < -0.3 is 10.2 Å². The number of alkyl halides is 1. The monoisotopic (exact) mass is 464 g/mol. The van der Waals surface area contributed by atoms with Gasteiger partial charge >= 0.3 is 0 Å². The molecule has 0 fully saturated rings. The van der Waals surface area contributed by atoms with Crippen LogP contribution in [0, 0.1) is 0 Å². The molecular formula is C30H37ClO2. The van der Waals surface area contributed by atoms with Crippen molar-refractivity contribution in [3.63, 3.8) is 0 Å². The lowest BCUT2D eigenvalue weighted by Gasteiger charge is -2.11. The van der Waals surface area contributed by atoms with Gasteiger partial charge in [0.05, 0.1) is 0 Å². The summed E-state index contributed by atoms with van der Waals surface area (Å²) < 4.78 is 0. The van der Waals surface area contributed by atoms with Crippen molar-refractivity contribution in [3.8, 4) is 11.5 Å². The van der Waals surface area contributed by atoms with E-state index in [-0.39, 0.29) is 0 Å². The van der Waals surface area contributed by atoms with Crippen molar-refractivity contribution in [2.24, 2.45) is 0 Å². The normalized spacial score (nSPS) is 9.27. The first-order chi connectivity index (χ1) is 15.8. The zero-order valence-corrected chi connectivity index (χ0v) is 20.6. The zero-order chi connectivity index (χ0) is 25.2. The van der Waals surface area contributed by atoms with Crippen LogP contribution in [0.25, 0.3) is 5.57 Å². The van der Waals surface area contributed by atoms with Gasteiger partial charge in [-0.15, -0.1) is 44.5 Å². The molecule has 0 atom stereocenters. The first-order valence-corrected chi connectivity index (χ1v) is 11.2. The Bertz CT molecular complexity index is 895. The van der Waals surface area contributed by atoms with E-state index in [1.807, 2.05) is 37.3 Å². The third-order valence-corrected chi connectivity index (χ3v) is 4.75. The van der Waals surface area contributed by atoms with Gasteiger partial charge in [0.25, 0.3) is 0 Å². The maximum atomic E-state index is 10.0. The first kappa shape index (κ1) is 29.8. The van der Waals surface area contributed by atoms with Crippen LogP contribution < -0.4 is 0 Å². The van der Waals surface area contributed by atoms with Gasteiger partial charge in [-0.1, -0.05) is 60.7 Å². The average Bonchev–Trinajstić information content (AvgIpc) is 2.80. The highest BCUT2D eigenvalue weighted by Gasteiger charge is 2.08. The Morgan fingerprint density at radius 1 is 0.727 bits per heavy atom. The van der Waals surface area contributed by atoms with Crippen LogP contribution in [-0.2, 0) is 25.7 Å². The standard InChI is InChI=1S/C15H18O.C12H14O.C3H5Cl/c1-5-7-12-9-14(11(3)4)10-13(8-6-2)15(12)16;1-3-6-10-8-5-9-11(7-4-2)12(10)13;1-2-3-4/h5-6,9-10,16H,1-3,7-8H2,4H3;3-5,8-9,13H,1-2,6-7H2;2H,1,3H2. The molecule has 2 aromatic rings. The zero-order valence-electron chi connectivity index (χ0n) is 19.8. The number of phenols is 2. The van der Waals surface area contributed by atoms with E-state index in [1.165, 1.54) is 0 Å². The lowest BCUT2D eigenvalue weighted by atomic mass is 9.97. The summed E-state index contributed by atoms with van der Waals surface area (Å²) in [5.74, 6) is 1.28. The molecule has 0 unspecified atom stereocenters. The van der Waals surface area contributed by atoms with Crippen LogP contribution in [0.4, 0.5) is 0 Å². The van der Waals surface area contributed by atoms with E-state index in [0.29, 0.717) is 43.1 Å². The summed E-state index contributed by atoms with van der Waals surface area (Å²) in [7, 11) is 0. The lowest BCUT2D eigenvalue weighted by Crippen LogP contribution is -1.93. The van der Waals surface area contributed by atoms with Gasteiger partial charge in [-0.2, -0.15) is 0 Å². The number of benzene rings is 2. The number of allylic oxidation sites excluding steroid dienone is 6. The molecule has 0 heterocycles. The largest absolute Gasteiger partial charge is 0.507 e. The Morgan fingerprint density at radius 2 is 1.06 bits per heavy atom. The van der Waals surface area contributed by atoms with Crippen molar-refractivity contribution in [3.05, 3.63) is 128 Å². The van der Waals surface area contributed by atoms with E-state index >= 15 is 0 Å². The number of para-hydroxylation sites is 1. The van der Waals surface area contributed by atoms with Gasteiger partial charge in [0, 0.05) is 5.88 Å². The highest BCUT2D eigenvalue weighted by molar-refractivity contribution is 6.18. The molecule has 2 aromatic carbocycles. The predicted molar refractivity (Wildman–Crippen MR) is 147 cm³/mol. The molecule has 33 heavy (non-hydrogen) atoms. The summed E-state index contributed by atoms with van der Waals surface area (Å²) in [6, 6.07) is 9.68. The smallest absolute Gasteiger partial charge is 0.122 e. The lowest BCUT2D eigenvalue weighted by molar-refractivity contribution is 0.463. The number of halogens is 1. The summed E-state index contributed by atoms with van der Waals surface area (Å²) in [5.41, 5.74) is 5.70. The van der Waals surface area contributed by atoms with Crippen LogP contribution in [0.2, 0.25) is 0 Å². The first-order valence-electron chi connectivity index (χ1n) is 10.7. The van der Waals surface area contributed by atoms with Crippen molar-refractivity contribution in [2.75, 3.05) is 5.88 Å². The second kappa shape index (κ2) is 17.3. The molecule has 176 valence electrons. The molecule has 2 nitrogen and oxygen atoms in total. The van der Waals surface area contributed by atoms with Gasteiger partial charge in [-0.25, -0.2) is 0 Å². The number of phenolic OH excluding ortho intramolecular Hbond substituents is 2. The number of aromatic hydroxyl groups is 2. The summed E-state index contributed by atoms with van der Waals surface area (Å²) in [6.45, 7) is 23.9. The highest BCUT2D eigenvalue weighted by atomic mass is 35.5. The minimum absolute atomic E-state index is 0.352. The minimum atomic E-state index is 0.352. The van der Waals surface area contributed by atoms with Crippen LogP contribution in [-0.4, -0.2) is 16.1 Å². The highest BCUT2D eigenvalue weighted by Crippen LogP contribution is 2.28. The molecule has 0 aromatic heterocycles. The third kappa shape index (κ3) is 10.8. The molecule has 2 rings (SSSR count).